The van der Waals surface area contributed by atoms with Gasteiger partial charge in [-0.25, -0.2) is 0 Å². The molecule has 0 bridgehead atoms. The number of ketones is 1. The molecule has 1 aromatic carbocycles. The number of ether oxygens (including phenoxy) is 1. The molecule has 1 N–H and O–H groups in total. The minimum absolute atomic E-state index is 0.00592. The van der Waals surface area contributed by atoms with E-state index in [9.17, 15) is 9.59 Å². The molecule has 1 aromatic rings. The van der Waals surface area contributed by atoms with E-state index in [2.05, 4.69) is 0 Å². The van der Waals surface area contributed by atoms with Crippen LogP contribution >= 0.6 is 0 Å². The molecule has 108 valence electrons. The number of rotatable bonds is 5. The maximum atomic E-state index is 12.5. The van der Waals surface area contributed by atoms with Crippen LogP contribution in [0.25, 0.3) is 0 Å². The normalized spacial score (nSPS) is 19.6. The van der Waals surface area contributed by atoms with E-state index in [4.69, 9.17) is 9.84 Å². The van der Waals surface area contributed by atoms with Crippen LogP contribution in [0.15, 0.2) is 24.3 Å². The Morgan fingerprint density at radius 2 is 2.00 bits per heavy atom. The molecule has 0 saturated carbocycles. The van der Waals surface area contributed by atoms with Crippen molar-refractivity contribution in [2.45, 2.75) is 25.3 Å². The highest BCUT2D eigenvalue weighted by Gasteiger charge is 2.30. The van der Waals surface area contributed by atoms with Gasteiger partial charge in [-0.3, -0.25) is 14.5 Å². The van der Waals surface area contributed by atoms with Crippen molar-refractivity contribution in [1.29, 1.82) is 0 Å². The highest BCUT2D eigenvalue weighted by atomic mass is 16.5. The summed E-state index contributed by atoms with van der Waals surface area (Å²) in [6.45, 7) is 0.589. The van der Waals surface area contributed by atoms with Gasteiger partial charge >= 0.3 is 5.97 Å². The molecule has 0 aliphatic carbocycles. The van der Waals surface area contributed by atoms with E-state index >= 15 is 0 Å². The Balaban J connectivity index is 2.13. The summed E-state index contributed by atoms with van der Waals surface area (Å²) in [7, 11) is 1.58. The first-order chi connectivity index (χ1) is 9.61. The fourth-order valence-electron chi connectivity index (χ4n) is 2.60. The van der Waals surface area contributed by atoms with Crippen LogP contribution in [-0.4, -0.2) is 48.0 Å². The summed E-state index contributed by atoms with van der Waals surface area (Å²) in [6, 6.07) is 6.63. The second kappa shape index (κ2) is 6.52. The molecule has 1 unspecified atom stereocenters. The maximum Gasteiger partial charge on any atom is 0.317 e. The first-order valence-electron chi connectivity index (χ1n) is 6.76. The summed E-state index contributed by atoms with van der Waals surface area (Å²) in [5, 5.41) is 8.93. The average molecular weight is 277 g/mol. The quantitative estimate of drug-likeness (QED) is 0.831. The Bertz CT molecular complexity index is 483. The van der Waals surface area contributed by atoms with Gasteiger partial charge in [-0.15, -0.1) is 0 Å². The van der Waals surface area contributed by atoms with Gasteiger partial charge in [-0.05, 0) is 43.7 Å². The van der Waals surface area contributed by atoms with Crippen molar-refractivity contribution < 1.29 is 19.4 Å². The van der Waals surface area contributed by atoms with Gasteiger partial charge in [-0.1, -0.05) is 6.42 Å². The van der Waals surface area contributed by atoms with Crippen molar-refractivity contribution in [3.63, 3.8) is 0 Å². The minimum Gasteiger partial charge on any atom is -0.497 e. The molecule has 1 aliphatic heterocycles. The second-order valence-corrected chi connectivity index (χ2v) is 4.97. The van der Waals surface area contributed by atoms with E-state index in [1.165, 1.54) is 0 Å². The zero-order valence-corrected chi connectivity index (χ0v) is 11.5. The van der Waals surface area contributed by atoms with Crippen molar-refractivity contribution in [2.75, 3.05) is 20.2 Å². The van der Waals surface area contributed by atoms with Crippen molar-refractivity contribution in [3.8, 4) is 5.75 Å². The van der Waals surface area contributed by atoms with Gasteiger partial charge in [0.1, 0.15) is 5.75 Å². The first-order valence-corrected chi connectivity index (χ1v) is 6.76. The summed E-state index contributed by atoms with van der Waals surface area (Å²) >= 11 is 0. The van der Waals surface area contributed by atoms with Crippen LogP contribution in [0, 0.1) is 0 Å². The van der Waals surface area contributed by atoms with Gasteiger partial charge in [0, 0.05) is 5.56 Å². The largest absolute Gasteiger partial charge is 0.497 e. The van der Waals surface area contributed by atoms with E-state index in [0.29, 0.717) is 17.9 Å². The maximum absolute atomic E-state index is 12.5. The third-order valence-electron chi connectivity index (χ3n) is 3.63. The average Bonchev–Trinajstić information content (AvgIpc) is 2.46. The molecule has 1 saturated heterocycles. The highest BCUT2D eigenvalue weighted by Crippen LogP contribution is 2.21. The number of benzene rings is 1. The number of methoxy groups -OCH3 is 1. The lowest BCUT2D eigenvalue weighted by atomic mass is 9.94. The fourth-order valence-corrected chi connectivity index (χ4v) is 2.60. The van der Waals surface area contributed by atoms with Crippen molar-refractivity contribution in [1.82, 2.24) is 4.90 Å². The topological polar surface area (TPSA) is 66.8 Å². The van der Waals surface area contributed by atoms with Gasteiger partial charge in [0.15, 0.2) is 5.78 Å². The lowest BCUT2D eigenvalue weighted by Crippen LogP contribution is -2.46. The fraction of sp³-hybridized carbons (Fsp3) is 0.467. The van der Waals surface area contributed by atoms with E-state index in [1.807, 2.05) is 0 Å². The van der Waals surface area contributed by atoms with Crippen molar-refractivity contribution in [3.05, 3.63) is 29.8 Å². The molecule has 0 spiro atoms. The molecule has 5 heteroatoms. The molecule has 0 radical (unpaired) electrons. The number of hydrogen-bond acceptors (Lipinski definition) is 4. The van der Waals surface area contributed by atoms with Crippen molar-refractivity contribution >= 4 is 11.8 Å². The molecule has 1 heterocycles. The SMILES string of the molecule is COc1ccc(C(=O)C2CCCCN2CC(=O)O)cc1. The molecule has 0 amide bonds. The molecule has 0 aromatic heterocycles. The molecule has 1 atom stereocenters. The zero-order valence-electron chi connectivity index (χ0n) is 11.5. The van der Waals surface area contributed by atoms with Crippen LogP contribution in [0.4, 0.5) is 0 Å². The standard InChI is InChI=1S/C15H19NO4/c1-20-12-7-5-11(6-8-12)15(19)13-4-2-3-9-16(13)10-14(17)18/h5-8,13H,2-4,9-10H2,1H3,(H,17,18). The van der Waals surface area contributed by atoms with Crippen molar-refractivity contribution in [2.24, 2.45) is 0 Å². The van der Waals surface area contributed by atoms with Gasteiger partial charge in [0.25, 0.3) is 0 Å². The third kappa shape index (κ3) is 3.36. The third-order valence-corrected chi connectivity index (χ3v) is 3.63. The Labute approximate surface area is 118 Å². The Hall–Kier alpha value is -1.88. The molecular formula is C15H19NO4. The summed E-state index contributed by atoms with van der Waals surface area (Å²) in [4.78, 5) is 25.2. The summed E-state index contributed by atoms with van der Waals surface area (Å²) < 4.78 is 5.07. The molecule has 1 aliphatic rings. The zero-order chi connectivity index (χ0) is 14.5. The van der Waals surface area contributed by atoms with E-state index < -0.39 is 5.97 Å². The van der Waals surface area contributed by atoms with E-state index in [-0.39, 0.29) is 18.4 Å². The van der Waals surface area contributed by atoms with Gasteiger partial charge in [-0.2, -0.15) is 0 Å². The molecule has 20 heavy (non-hydrogen) atoms. The van der Waals surface area contributed by atoms with Crippen LogP contribution < -0.4 is 4.74 Å². The highest BCUT2D eigenvalue weighted by molar-refractivity contribution is 6.00. The van der Waals surface area contributed by atoms with Crippen LogP contribution in [0.2, 0.25) is 0 Å². The lowest BCUT2D eigenvalue weighted by molar-refractivity contribution is -0.138. The van der Waals surface area contributed by atoms with Crippen LogP contribution in [0.5, 0.6) is 5.75 Å². The number of carbonyl (C=O) groups excluding carboxylic acids is 1. The predicted molar refractivity (Wildman–Crippen MR) is 74.2 cm³/mol. The van der Waals surface area contributed by atoms with Crippen LogP contribution in [-0.2, 0) is 4.79 Å². The Morgan fingerprint density at radius 1 is 1.30 bits per heavy atom. The number of carboxylic acid groups (broad SMARTS) is 1. The van der Waals surface area contributed by atoms with Crippen LogP contribution in [0.1, 0.15) is 29.6 Å². The molecule has 2 rings (SSSR count). The van der Waals surface area contributed by atoms with Gasteiger partial charge < -0.3 is 9.84 Å². The predicted octanol–water partition coefficient (Wildman–Crippen LogP) is 1.82. The molecule has 5 nitrogen and oxygen atoms in total. The van der Waals surface area contributed by atoms with Gasteiger partial charge in [0.05, 0.1) is 19.7 Å². The second-order valence-electron chi connectivity index (χ2n) is 4.97. The number of Topliss-reactive ketones (excluding diaryl/α,β-unsaturated/α-hetero) is 1. The van der Waals surface area contributed by atoms with E-state index in [1.54, 1.807) is 36.3 Å². The van der Waals surface area contributed by atoms with Crippen LogP contribution in [0.3, 0.4) is 0 Å². The first kappa shape index (κ1) is 14.5. The minimum atomic E-state index is -0.889. The lowest BCUT2D eigenvalue weighted by Gasteiger charge is -2.33. The Morgan fingerprint density at radius 3 is 2.60 bits per heavy atom. The number of hydrogen-bond donors (Lipinski definition) is 1. The van der Waals surface area contributed by atoms with E-state index in [0.717, 1.165) is 19.3 Å². The molecule has 1 fully saturated rings. The monoisotopic (exact) mass is 277 g/mol. The number of aliphatic carboxylic acids is 1. The Kier molecular flexibility index (Phi) is 4.74. The number of nitrogens with zero attached hydrogens (tertiary/aromatic N) is 1. The number of piperidine rings is 1. The number of likely N-dealkylation sites (tertiary alicyclic amines) is 1. The summed E-state index contributed by atoms with van der Waals surface area (Å²) in [5.41, 5.74) is 0.605. The summed E-state index contributed by atoms with van der Waals surface area (Å²) in [6.07, 6.45) is 2.63. The molecular weight excluding hydrogens is 258 g/mol. The number of carbonyl (C=O) groups is 2. The summed E-state index contributed by atoms with van der Waals surface area (Å²) in [5.74, 6) is -0.194. The van der Waals surface area contributed by atoms with Gasteiger partial charge in [0.2, 0.25) is 0 Å². The smallest absolute Gasteiger partial charge is 0.317 e. The number of carboxylic acids is 1.